The Bertz CT molecular complexity index is 509. The highest BCUT2D eigenvalue weighted by Gasteiger charge is 2.05. The van der Waals surface area contributed by atoms with Gasteiger partial charge in [-0.3, -0.25) is 0 Å². The van der Waals surface area contributed by atoms with Crippen LogP contribution < -0.4 is 5.32 Å². The molecule has 0 amide bonds. The van der Waals surface area contributed by atoms with E-state index in [1.807, 2.05) is 12.1 Å². The molecule has 1 aromatic heterocycles. The largest absolute Gasteiger partial charge is 2.00 e. The molecule has 0 atom stereocenters. The molecule has 0 spiro atoms. The van der Waals surface area contributed by atoms with Crippen LogP contribution in [-0.4, -0.2) is 15.0 Å². The number of nitrogens with zero attached hydrogens (tertiary/aromatic N) is 3. The molecule has 0 aliphatic heterocycles. The van der Waals surface area contributed by atoms with Gasteiger partial charge in [-0.1, -0.05) is 23.7 Å². The Kier molecular flexibility index (Phi) is 5.27. The molecule has 0 radical (unpaired) electrons. The van der Waals surface area contributed by atoms with Gasteiger partial charge in [0, 0.05) is 0 Å². The Balaban J connectivity index is 0.00000144. The fraction of sp³-hybridized carbons (Fsp3) is 0. The van der Waals surface area contributed by atoms with E-state index in [0.29, 0.717) is 10.7 Å². The molecule has 2 aromatic rings. The lowest BCUT2D eigenvalue weighted by molar-refractivity contribution is 1.05. The number of nitrogens with one attached hydrogen (secondary N) is 1. The average molecular weight is 309 g/mol. The van der Waals surface area contributed by atoms with Gasteiger partial charge in [0.25, 0.3) is 0 Å². The van der Waals surface area contributed by atoms with Gasteiger partial charge in [-0.25, -0.2) is 0 Å². The second-order valence-electron chi connectivity index (χ2n) is 2.80. The molecule has 0 saturated carbocycles. The van der Waals surface area contributed by atoms with Crippen molar-refractivity contribution in [3.63, 3.8) is 0 Å². The van der Waals surface area contributed by atoms with Gasteiger partial charge in [0.1, 0.15) is 0 Å². The van der Waals surface area contributed by atoms with Crippen LogP contribution in [0.2, 0.25) is 15.6 Å². The van der Waals surface area contributed by atoms with Crippen molar-refractivity contribution in [1.82, 2.24) is 15.0 Å². The Morgan fingerprint density at radius 3 is 2.12 bits per heavy atom. The monoisotopic (exact) mass is 307 g/mol. The van der Waals surface area contributed by atoms with Gasteiger partial charge in [0.15, 0.2) is 0 Å². The first-order chi connectivity index (χ1) is 7.65. The van der Waals surface area contributed by atoms with E-state index in [0.717, 1.165) is 0 Å². The molecular formula is C9H6Cl3N4S-. The number of para-hydroxylation sites is 1. The first kappa shape index (κ1) is 14.3. The van der Waals surface area contributed by atoms with Gasteiger partial charge in [-0.05, 0) is 35.3 Å². The topological polar surface area (TPSA) is 50.7 Å². The number of benzene rings is 1. The van der Waals surface area contributed by atoms with Gasteiger partial charge in [-0.15, -0.1) is 0 Å². The molecule has 0 bridgehead atoms. The van der Waals surface area contributed by atoms with Crippen molar-refractivity contribution in [3.05, 3.63) is 39.9 Å². The normalized spacial score (nSPS) is 9.59. The predicted octanol–water partition coefficient (Wildman–Crippen LogP) is 3.69. The molecule has 1 aromatic carbocycles. The van der Waals surface area contributed by atoms with E-state index in [1.165, 1.54) is 0 Å². The summed E-state index contributed by atoms with van der Waals surface area (Å²) >= 11 is 17.2. The summed E-state index contributed by atoms with van der Waals surface area (Å²) < 4.78 is 0. The van der Waals surface area contributed by atoms with Crippen molar-refractivity contribution in [2.45, 2.75) is 0 Å². The zero-order chi connectivity index (χ0) is 11.5. The molecule has 0 unspecified atom stereocenters. The maximum absolute atomic E-state index is 5.95. The fourth-order valence-electron chi connectivity index (χ4n) is 1.06. The van der Waals surface area contributed by atoms with Gasteiger partial charge in [0.2, 0.25) is 16.5 Å². The molecule has 0 aliphatic rings. The van der Waals surface area contributed by atoms with Crippen LogP contribution in [0.3, 0.4) is 0 Å². The van der Waals surface area contributed by atoms with Crippen LogP contribution in [0.5, 0.6) is 0 Å². The van der Waals surface area contributed by atoms with Crippen molar-refractivity contribution in [2.75, 3.05) is 5.32 Å². The molecule has 4 nitrogen and oxygen atoms in total. The van der Waals surface area contributed by atoms with E-state index in [9.17, 15) is 0 Å². The van der Waals surface area contributed by atoms with Crippen molar-refractivity contribution in [3.8, 4) is 0 Å². The van der Waals surface area contributed by atoms with Gasteiger partial charge in [-0.2, -0.15) is 15.0 Å². The summed E-state index contributed by atoms with van der Waals surface area (Å²) in [6, 6.07) is 7.18. The maximum Gasteiger partial charge on any atom is 1.00 e. The molecule has 90 valence electrons. The second-order valence-corrected chi connectivity index (χ2v) is 3.89. The third kappa shape index (κ3) is 3.89. The van der Waals surface area contributed by atoms with Crippen LogP contribution in [0.15, 0.2) is 24.3 Å². The lowest BCUT2D eigenvalue weighted by Gasteiger charge is -2.06. The lowest BCUT2D eigenvalue weighted by atomic mass is 10.3. The number of hydrogen-bond acceptors (Lipinski definition) is 4. The summed E-state index contributed by atoms with van der Waals surface area (Å²) in [5.74, 6) is 0.248. The van der Waals surface area contributed by atoms with E-state index in [1.54, 1.807) is 12.1 Å². The summed E-state index contributed by atoms with van der Waals surface area (Å²) in [6.45, 7) is 0. The van der Waals surface area contributed by atoms with Crippen LogP contribution >= 0.6 is 34.8 Å². The van der Waals surface area contributed by atoms with Crippen molar-refractivity contribution in [1.29, 1.82) is 0 Å². The highest BCUT2D eigenvalue weighted by molar-refractivity contribution is 7.37. The van der Waals surface area contributed by atoms with Crippen LogP contribution in [0, 0.1) is 0 Å². The molecule has 1 heterocycles. The van der Waals surface area contributed by atoms with Gasteiger partial charge >= 0.3 is 1.43 Å². The molecule has 0 saturated heterocycles. The lowest BCUT2D eigenvalue weighted by Crippen LogP contribution is -1.99. The van der Waals surface area contributed by atoms with Crippen molar-refractivity contribution >= 4 is 59.9 Å². The van der Waals surface area contributed by atoms with E-state index < -0.39 is 0 Å². The smallest absolute Gasteiger partial charge is 1.00 e. The Labute approximate surface area is 121 Å². The quantitative estimate of drug-likeness (QED) is 0.919. The van der Waals surface area contributed by atoms with E-state index in [4.69, 9.17) is 34.8 Å². The number of aromatic nitrogens is 3. The first-order valence-corrected chi connectivity index (χ1v) is 5.37. The summed E-state index contributed by atoms with van der Waals surface area (Å²) in [5, 5.41) is 3.49. The minimum atomic E-state index is 0. The zero-order valence-electron chi connectivity index (χ0n) is 9.19. The SMILES string of the molecule is Clc1nc(Cl)nc(Nc2ccccc2Cl)n1.[H+].[S-2]. The molecule has 0 fully saturated rings. The molecule has 8 heteroatoms. The van der Waals surface area contributed by atoms with Crippen molar-refractivity contribution in [2.24, 2.45) is 0 Å². The minimum absolute atomic E-state index is 0. The molecular weight excluding hydrogens is 303 g/mol. The summed E-state index contributed by atoms with van der Waals surface area (Å²) in [6.07, 6.45) is 0. The second kappa shape index (κ2) is 6.26. The highest BCUT2D eigenvalue weighted by Crippen LogP contribution is 2.23. The van der Waals surface area contributed by atoms with Crippen LogP contribution in [-0.2, 0) is 13.5 Å². The van der Waals surface area contributed by atoms with E-state index in [-0.39, 0.29) is 31.4 Å². The summed E-state index contributed by atoms with van der Waals surface area (Å²) in [4.78, 5) is 11.4. The third-order valence-electron chi connectivity index (χ3n) is 1.70. The predicted molar refractivity (Wildman–Crippen MR) is 73.1 cm³/mol. The van der Waals surface area contributed by atoms with Crippen LogP contribution in [0.4, 0.5) is 11.6 Å². The average Bonchev–Trinajstić information content (AvgIpc) is 2.20. The third-order valence-corrected chi connectivity index (χ3v) is 2.37. The molecule has 17 heavy (non-hydrogen) atoms. The highest BCUT2D eigenvalue weighted by atomic mass is 35.5. The Hall–Kier alpha value is -0.750. The zero-order valence-corrected chi connectivity index (χ0v) is 11.3. The fourth-order valence-corrected chi connectivity index (χ4v) is 1.61. The summed E-state index contributed by atoms with van der Waals surface area (Å²) in [5.41, 5.74) is 0.669. The standard InChI is InChI=1S/C9H5Cl3N4.S/c10-5-3-1-2-4-6(5)13-9-15-7(11)14-8(12)16-9;/h1-4H,(H,13,14,15,16);/q;-2/p+1. The maximum atomic E-state index is 5.95. The van der Waals surface area contributed by atoms with Crippen LogP contribution in [0.25, 0.3) is 0 Å². The molecule has 0 aliphatic carbocycles. The number of hydrogen-bond donors (Lipinski definition) is 1. The number of anilines is 2. The van der Waals surface area contributed by atoms with Gasteiger partial charge in [0.05, 0.1) is 10.7 Å². The van der Waals surface area contributed by atoms with E-state index >= 15 is 0 Å². The number of halogens is 3. The van der Waals surface area contributed by atoms with Gasteiger partial charge < -0.3 is 18.8 Å². The van der Waals surface area contributed by atoms with Crippen molar-refractivity contribution < 1.29 is 1.43 Å². The minimum Gasteiger partial charge on any atom is -2.00 e. The Morgan fingerprint density at radius 2 is 1.53 bits per heavy atom. The van der Waals surface area contributed by atoms with Crippen LogP contribution in [0.1, 0.15) is 1.43 Å². The Morgan fingerprint density at radius 1 is 0.941 bits per heavy atom. The summed E-state index contributed by atoms with van der Waals surface area (Å²) in [7, 11) is 0. The first-order valence-electron chi connectivity index (χ1n) is 4.24. The van der Waals surface area contributed by atoms with E-state index in [2.05, 4.69) is 20.3 Å². The molecule has 1 N–H and O–H groups in total. The number of rotatable bonds is 2. The molecule has 2 rings (SSSR count).